The number of halogens is 1. The quantitative estimate of drug-likeness (QED) is 0.635. The highest BCUT2D eigenvalue weighted by Crippen LogP contribution is 2.20. The number of hydrogen-bond donors (Lipinski definition) is 2. The van der Waals surface area contributed by atoms with Crippen LogP contribution in [0, 0.1) is 13.8 Å². The molecule has 0 aliphatic rings. The average molecular weight is 251 g/mol. The second-order valence-corrected chi connectivity index (χ2v) is 3.77. The molecular weight excluding hydrogens is 236 g/mol. The molecule has 0 spiro atoms. The fourth-order valence-electron chi connectivity index (χ4n) is 1.49. The summed E-state index contributed by atoms with van der Waals surface area (Å²) >= 11 is 0. The van der Waals surface area contributed by atoms with Crippen LogP contribution in [-0.4, -0.2) is 10.2 Å². The lowest BCUT2D eigenvalue weighted by Gasteiger charge is -2.05. The smallest absolute Gasteiger partial charge is 0.165 e. The Balaban J connectivity index is 0.00000144. The van der Waals surface area contributed by atoms with Gasteiger partial charge in [0.25, 0.3) is 0 Å². The van der Waals surface area contributed by atoms with Crippen molar-refractivity contribution in [2.75, 3.05) is 5.43 Å². The van der Waals surface area contributed by atoms with E-state index in [1.807, 2.05) is 25.1 Å². The van der Waals surface area contributed by atoms with E-state index in [-0.39, 0.29) is 12.4 Å². The van der Waals surface area contributed by atoms with Gasteiger partial charge in [0.15, 0.2) is 5.82 Å². The van der Waals surface area contributed by atoms with Gasteiger partial charge in [-0.3, -0.25) is 0 Å². The Morgan fingerprint density at radius 1 is 1.06 bits per heavy atom. The van der Waals surface area contributed by atoms with E-state index in [4.69, 9.17) is 5.84 Å². The molecule has 5 heteroatoms. The molecule has 90 valence electrons. The van der Waals surface area contributed by atoms with Crippen LogP contribution in [0.25, 0.3) is 11.3 Å². The first-order valence-electron chi connectivity index (χ1n) is 5.08. The van der Waals surface area contributed by atoms with Gasteiger partial charge in [0.1, 0.15) is 0 Å². The zero-order valence-corrected chi connectivity index (χ0v) is 10.6. The van der Waals surface area contributed by atoms with E-state index >= 15 is 0 Å². The third-order valence-corrected chi connectivity index (χ3v) is 2.47. The highest BCUT2D eigenvalue weighted by atomic mass is 35.5. The number of anilines is 1. The molecule has 1 aromatic heterocycles. The number of rotatable bonds is 2. The summed E-state index contributed by atoms with van der Waals surface area (Å²) in [4.78, 5) is 0. The van der Waals surface area contributed by atoms with E-state index < -0.39 is 0 Å². The Morgan fingerprint density at radius 2 is 1.71 bits per heavy atom. The number of nitrogens with one attached hydrogen (secondary N) is 1. The molecule has 4 nitrogen and oxygen atoms in total. The van der Waals surface area contributed by atoms with Crippen molar-refractivity contribution in [3.63, 3.8) is 0 Å². The molecule has 1 aromatic carbocycles. The maximum atomic E-state index is 5.31. The minimum absolute atomic E-state index is 0. The first-order chi connectivity index (χ1) is 7.70. The molecule has 0 saturated heterocycles. The van der Waals surface area contributed by atoms with Gasteiger partial charge in [-0.05, 0) is 25.5 Å². The summed E-state index contributed by atoms with van der Waals surface area (Å²) in [5.74, 6) is 5.91. The number of nitrogen functional groups attached to an aromatic ring is 1. The Kier molecular flexibility index (Phi) is 4.43. The predicted octanol–water partition coefficient (Wildman–Crippen LogP) is 2.47. The van der Waals surface area contributed by atoms with Gasteiger partial charge in [-0.1, -0.05) is 29.8 Å². The number of hydrogen-bond acceptors (Lipinski definition) is 4. The standard InChI is InChI=1S/C12H14N4.ClH/c1-8-3-5-10(6-4-8)11-7-9(2)12(14-13)16-15-11;/h3-7H,13H2,1-2H3,(H,14,16);1H. The summed E-state index contributed by atoms with van der Waals surface area (Å²) < 4.78 is 0. The minimum atomic E-state index is 0. The highest BCUT2D eigenvalue weighted by molar-refractivity contribution is 5.85. The zero-order chi connectivity index (χ0) is 11.5. The minimum Gasteiger partial charge on any atom is -0.307 e. The van der Waals surface area contributed by atoms with Crippen molar-refractivity contribution in [3.8, 4) is 11.3 Å². The number of aromatic nitrogens is 2. The number of aryl methyl sites for hydroxylation is 2. The van der Waals surface area contributed by atoms with Gasteiger partial charge in [-0.2, -0.15) is 0 Å². The first-order valence-corrected chi connectivity index (χ1v) is 5.08. The van der Waals surface area contributed by atoms with Crippen molar-refractivity contribution >= 4 is 18.2 Å². The number of nitrogens with two attached hydrogens (primary N) is 1. The van der Waals surface area contributed by atoms with Crippen molar-refractivity contribution < 1.29 is 0 Å². The summed E-state index contributed by atoms with van der Waals surface area (Å²) in [7, 11) is 0. The summed E-state index contributed by atoms with van der Waals surface area (Å²) in [6.07, 6.45) is 0. The van der Waals surface area contributed by atoms with Crippen molar-refractivity contribution in [1.82, 2.24) is 10.2 Å². The van der Waals surface area contributed by atoms with Crippen LogP contribution < -0.4 is 11.3 Å². The van der Waals surface area contributed by atoms with E-state index in [1.54, 1.807) is 0 Å². The Labute approximate surface area is 107 Å². The lowest BCUT2D eigenvalue weighted by atomic mass is 10.1. The van der Waals surface area contributed by atoms with Gasteiger partial charge in [0, 0.05) is 5.56 Å². The van der Waals surface area contributed by atoms with Gasteiger partial charge in [-0.25, -0.2) is 5.84 Å². The topological polar surface area (TPSA) is 63.8 Å². The fourth-order valence-corrected chi connectivity index (χ4v) is 1.49. The van der Waals surface area contributed by atoms with Gasteiger partial charge >= 0.3 is 0 Å². The molecule has 0 aliphatic carbocycles. The summed E-state index contributed by atoms with van der Waals surface area (Å²) in [5.41, 5.74) is 6.64. The van der Waals surface area contributed by atoms with E-state index in [0.29, 0.717) is 5.82 Å². The maximum Gasteiger partial charge on any atom is 0.165 e. The second-order valence-electron chi connectivity index (χ2n) is 3.77. The third-order valence-electron chi connectivity index (χ3n) is 2.47. The molecule has 2 aromatic rings. The van der Waals surface area contributed by atoms with Gasteiger partial charge in [0.2, 0.25) is 0 Å². The van der Waals surface area contributed by atoms with Crippen molar-refractivity contribution in [3.05, 3.63) is 41.5 Å². The van der Waals surface area contributed by atoms with Crippen molar-refractivity contribution in [2.24, 2.45) is 5.84 Å². The van der Waals surface area contributed by atoms with E-state index in [1.165, 1.54) is 5.56 Å². The zero-order valence-electron chi connectivity index (χ0n) is 9.77. The van der Waals surface area contributed by atoms with Crippen LogP contribution in [0.3, 0.4) is 0 Å². The molecular formula is C12H15ClN4. The Morgan fingerprint density at radius 3 is 2.24 bits per heavy atom. The summed E-state index contributed by atoms with van der Waals surface area (Å²) in [6.45, 7) is 4.00. The molecule has 0 unspecified atom stereocenters. The molecule has 0 amide bonds. The average Bonchev–Trinajstić information content (AvgIpc) is 2.30. The summed E-state index contributed by atoms with van der Waals surface area (Å²) in [5, 5.41) is 8.13. The first kappa shape index (κ1) is 13.4. The molecule has 0 fully saturated rings. The SMILES string of the molecule is Cc1ccc(-c2cc(C)c(NN)nn2)cc1.Cl. The highest BCUT2D eigenvalue weighted by Gasteiger charge is 2.03. The van der Waals surface area contributed by atoms with Crippen LogP contribution in [-0.2, 0) is 0 Å². The maximum absolute atomic E-state index is 5.31. The van der Waals surface area contributed by atoms with Crippen molar-refractivity contribution in [1.29, 1.82) is 0 Å². The van der Waals surface area contributed by atoms with Crippen LogP contribution >= 0.6 is 12.4 Å². The van der Waals surface area contributed by atoms with Crippen LogP contribution in [0.5, 0.6) is 0 Å². The third kappa shape index (κ3) is 2.93. The molecule has 0 radical (unpaired) electrons. The number of nitrogens with zero attached hydrogens (tertiary/aromatic N) is 2. The molecule has 0 saturated carbocycles. The number of benzene rings is 1. The summed E-state index contributed by atoms with van der Waals surface area (Å²) in [6, 6.07) is 10.2. The molecule has 0 bridgehead atoms. The van der Waals surface area contributed by atoms with Gasteiger partial charge in [0.05, 0.1) is 5.69 Å². The fraction of sp³-hybridized carbons (Fsp3) is 0.167. The molecule has 1 heterocycles. The molecule has 0 aliphatic heterocycles. The van der Waals surface area contributed by atoms with Crippen LogP contribution in [0.1, 0.15) is 11.1 Å². The van der Waals surface area contributed by atoms with Gasteiger partial charge < -0.3 is 5.43 Å². The van der Waals surface area contributed by atoms with E-state index in [0.717, 1.165) is 16.8 Å². The van der Waals surface area contributed by atoms with Crippen LogP contribution in [0.15, 0.2) is 30.3 Å². The van der Waals surface area contributed by atoms with E-state index in [9.17, 15) is 0 Å². The molecule has 3 N–H and O–H groups in total. The van der Waals surface area contributed by atoms with E-state index in [2.05, 4.69) is 34.7 Å². The second kappa shape index (κ2) is 5.61. The number of hydrazine groups is 1. The van der Waals surface area contributed by atoms with Crippen LogP contribution in [0.4, 0.5) is 5.82 Å². The van der Waals surface area contributed by atoms with Crippen LogP contribution in [0.2, 0.25) is 0 Å². The lowest BCUT2D eigenvalue weighted by Crippen LogP contribution is -2.11. The lowest BCUT2D eigenvalue weighted by molar-refractivity contribution is 1.01. The molecule has 0 atom stereocenters. The predicted molar refractivity (Wildman–Crippen MR) is 72.0 cm³/mol. The Bertz CT molecular complexity index is 496. The van der Waals surface area contributed by atoms with Gasteiger partial charge in [-0.15, -0.1) is 22.6 Å². The Hall–Kier alpha value is -1.65. The normalized spacial score (nSPS) is 9.59. The van der Waals surface area contributed by atoms with Crippen molar-refractivity contribution in [2.45, 2.75) is 13.8 Å². The molecule has 2 rings (SSSR count). The monoisotopic (exact) mass is 250 g/mol. The largest absolute Gasteiger partial charge is 0.307 e. The molecule has 17 heavy (non-hydrogen) atoms.